The largest absolute Gasteiger partial charge is 0.442 e. The second-order valence-electron chi connectivity index (χ2n) is 4.90. The van der Waals surface area contributed by atoms with Crippen LogP contribution in [0.3, 0.4) is 0 Å². The third kappa shape index (κ3) is 3.45. The zero-order chi connectivity index (χ0) is 16.2. The van der Waals surface area contributed by atoms with Crippen LogP contribution in [0.15, 0.2) is 34.5 Å². The van der Waals surface area contributed by atoms with Gasteiger partial charge in [0.1, 0.15) is 0 Å². The molecule has 0 radical (unpaired) electrons. The average Bonchev–Trinajstić information content (AvgIpc) is 3.27. The van der Waals surface area contributed by atoms with Crippen molar-refractivity contribution in [3.63, 3.8) is 0 Å². The first-order chi connectivity index (χ1) is 10.4. The van der Waals surface area contributed by atoms with Crippen molar-refractivity contribution in [3.8, 4) is 12.3 Å². The molecule has 1 aliphatic rings. The van der Waals surface area contributed by atoms with Gasteiger partial charge in [-0.15, -0.1) is 22.6 Å². The Morgan fingerprint density at radius 2 is 1.91 bits per heavy atom. The third-order valence-corrected chi connectivity index (χ3v) is 3.27. The van der Waals surface area contributed by atoms with Crippen molar-refractivity contribution >= 4 is 5.91 Å². The van der Waals surface area contributed by atoms with E-state index in [-0.39, 0.29) is 18.0 Å². The van der Waals surface area contributed by atoms with E-state index in [4.69, 9.17) is 6.42 Å². The number of terminal acetylenes is 1. The first-order valence-electron chi connectivity index (χ1n) is 6.69. The van der Waals surface area contributed by atoms with Gasteiger partial charge in [-0.3, -0.25) is 4.79 Å². The Balaban J connectivity index is 1.88. The minimum absolute atomic E-state index is 0.0240. The van der Waals surface area contributed by atoms with Crippen LogP contribution in [0.2, 0.25) is 0 Å². The summed E-state index contributed by atoms with van der Waals surface area (Å²) in [5.74, 6) is 2.31. The van der Waals surface area contributed by atoms with Crippen LogP contribution in [-0.2, 0) is 17.0 Å². The Hall–Kier alpha value is -2.36. The topological polar surface area (TPSA) is 53.8 Å². The highest BCUT2D eigenvalue weighted by molar-refractivity contribution is 5.75. The number of nitrogens with zero attached hydrogens (tertiary/aromatic N) is 2. The van der Waals surface area contributed by atoms with Crippen LogP contribution in [0, 0.1) is 12.3 Å². The highest BCUT2D eigenvalue weighted by Crippen LogP contribution is 2.52. The quantitative estimate of drug-likeness (QED) is 0.636. The maximum Gasteiger partial charge on any atom is 0.442 e. The van der Waals surface area contributed by atoms with Crippen molar-refractivity contribution in [2.24, 2.45) is 10.2 Å². The number of carbonyl (C=O) groups is 1. The molecule has 7 heteroatoms. The molecule has 1 aromatic rings. The van der Waals surface area contributed by atoms with E-state index in [0.717, 1.165) is 0 Å². The maximum absolute atomic E-state index is 12.8. The lowest BCUT2D eigenvalue weighted by Crippen LogP contribution is -2.30. The molecule has 1 amide bonds. The molecule has 0 aromatic heterocycles. The number of halogens is 3. The highest BCUT2D eigenvalue weighted by Gasteiger charge is 2.65. The molecular weight excluding hydrogens is 295 g/mol. The van der Waals surface area contributed by atoms with Gasteiger partial charge in [0.05, 0.1) is 0 Å². The Bertz CT molecular complexity index is 608. The van der Waals surface area contributed by atoms with Crippen LogP contribution in [0.25, 0.3) is 0 Å². The van der Waals surface area contributed by atoms with Gasteiger partial charge >= 0.3 is 11.8 Å². The van der Waals surface area contributed by atoms with E-state index in [1.54, 1.807) is 0 Å². The summed E-state index contributed by atoms with van der Waals surface area (Å²) in [6.07, 6.45) is 2.04. The smallest absolute Gasteiger partial charge is 0.352 e. The summed E-state index contributed by atoms with van der Waals surface area (Å²) in [5, 5.41) is 8.96. The molecule has 0 saturated carbocycles. The summed E-state index contributed by atoms with van der Waals surface area (Å²) in [5.41, 5.74) is -1.72. The predicted molar refractivity (Wildman–Crippen MR) is 73.6 cm³/mol. The van der Waals surface area contributed by atoms with Crippen molar-refractivity contribution < 1.29 is 18.0 Å². The normalized spacial score (nSPS) is 15.2. The average molecular weight is 309 g/mol. The van der Waals surface area contributed by atoms with Crippen molar-refractivity contribution in [1.29, 1.82) is 0 Å². The molecular formula is C15H14F3N3O. The highest BCUT2D eigenvalue weighted by atomic mass is 19.4. The van der Waals surface area contributed by atoms with Crippen LogP contribution in [0.1, 0.15) is 30.4 Å². The number of hydrogen-bond acceptors (Lipinski definition) is 3. The van der Waals surface area contributed by atoms with E-state index in [0.29, 0.717) is 24.8 Å². The maximum atomic E-state index is 12.8. The SMILES string of the molecule is C#CCCCC(=O)NCc1ccc(C2(C(F)(F)F)N=N2)cc1. The van der Waals surface area contributed by atoms with Crippen LogP contribution >= 0.6 is 0 Å². The number of rotatable bonds is 6. The van der Waals surface area contributed by atoms with Gasteiger partial charge in [-0.2, -0.15) is 13.2 Å². The van der Waals surface area contributed by atoms with Gasteiger partial charge in [0, 0.05) is 24.9 Å². The molecule has 1 aliphatic heterocycles. The molecule has 1 heterocycles. The summed E-state index contributed by atoms with van der Waals surface area (Å²) >= 11 is 0. The number of nitrogens with one attached hydrogen (secondary N) is 1. The van der Waals surface area contributed by atoms with Gasteiger partial charge in [0.25, 0.3) is 0 Å². The number of carbonyl (C=O) groups excluding carboxylic acids is 1. The molecule has 1 N–H and O–H groups in total. The lowest BCUT2D eigenvalue weighted by atomic mass is 10.0. The standard InChI is InChI=1S/C15H14F3N3O/c1-2-3-4-5-13(22)19-10-11-6-8-12(9-7-11)14(20-21-14)15(16,17)18/h1,6-9H,3-5,10H2,(H,19,22). The monoisotopic (exact) mass is 309 g/mol. The van der Waals surface area contributed by atoms with Gasteiger partial charge in [-0.05, 0) is 12.0 Å². The minimum atomic E-state index is -4.53. The zero-order valence-corrected chi connectivity index (χ0v) is 11.7. The number of alkyl halides is 3. The van der Waals surface area contributed by atoms with Gasteiger partial charge < -0.3 is 5.32 Å². The molecule has 0 unspecified atom stereocenters. The fourth-order valence-electron chi connectivity index (χ4n) is 1.94. The summed E-state index contributed by atoms with van der Waals surface area (Å²) < 4.78 is 38.5. The summed E-state index contributed by atoms with van der Waals surface area (Å²) in [6, 6.07) is 5.70. The molecule has 22 heavy (non-hydrogen) atoms. The first kappa shape index (κ1) is 16.0. The molecule has 4 nitrogen and oxygen atoms in total. The Morgan fingerprint density at radius 1 is 1.27 bits per heavy atom. The molecule has 116 valence electrons. The zero-order valence-electron chi connectivity index (χ0n) is 11.7. The van der Waals surface area contributed by atoms with Gasteiger partial charge in [-0.1, -0.05) is 24.3 Å². The fraction of sp³-hybridized carbons (Fsp3) is 0.400. The third-order valence-electron chi connectivity index (χ3n) is 3.27. The molecule has 0 spiro atoms. The predicted octanol–water partition coefficient (Wildman–Crippen LogP) is 3.29. The van der Waals surface area contributed by atoms with Gasteiger partial charge in [-0.25, -0.2) is 0 Å². The van der Waals surface area contributed by atoms with Crippen molar-refractivity contribution in [1.82, 2.24) is 5.32 Å². The molecule has 0 aliphatic carbocycles. The first-order valence-corrected chi connectivity index (χ1v) is 6.69. The van der Waals surface area contributed by atoms with Gasteiger partial charge in [0.15, 0.2) is 0 Å². The molecule has 0 fully saturated rings. The number of amides is 1. The Kier molecular flexibility index (Phi) is 4.50. The second-order valence-corrected chi connectivity index (χ2v) is 4.90. The van der Waals surface area contributed by atoms with Crippen LogP contribution in [0.4, 0.5) is 13.2 Å². The lowest BCUT2D eigenvalue weighted by molar-refractivity contribution is -0.166. The molecule has 0 saturated heterocycles. The van der Waals surface area contributed by atoms with Crippen molar-refractivity contribution in [3.05, 3.63) is 35.4 Å². The number of benzene rings is 1. The lowest BCUT2D eigenvalue weighted by Gasteiger charge is -2.15. The molecule has 1 aromatic carbocycles. The van der Waals surface area contributed by atoms with Crippen molar-refractivity contribution in [2.75, 3.05) is 0 Å². The summed E-state index contributed by atoms with van der Waals surface area (Å²) in [7, 11) is 0. The van der Waals surface area contributed by atoms with E-state index in [2.05, 4.69) is 21.5 Å². The van der Waals surface area contributed by atoms with Gasteiger partial charge in [0.2, 0.25) is 5.91 Å². The van der Waals surface area contributed by atoms with E-state index in [1.807, 2.05) is 0 Å². The van der Waals surface area contributed by atoms with E-state index in [9.17, 15) is 18.0 Å². The van der Waals surface area contributed by atoms with Crippen LogP contribution in [0.5, 0.6) is 0 Å². The summed E-state index contributed by atoms with van der Waals surface area (Å²) in [6.45, 7) is 0.252. The van der Waals surface area contributed by atoms with E-state index in [1.165, 1.54) is 24.3 Å². The van der Waals surface area contributed by atoms with E-state index < -0.39 is 11.8 Å². The number of unbranched alkanes of at least 4 members (excludes halogenated alkanes) is 1. The number of hydrogen-bond donors (Lipinski definition) is 1. The Labute approximate surface area is 125 Å². The summed E-state index contributed by atoms with van der Waals surface area (Å²) in [4.78, 5) is 11.5. The second kappa shape index (κ2) is 6.18. The fourth-order valence-corrected chi connectivity index (χ4v) is 1.94. The van der Waals surface area contributed by atoms with Crippen LogP contribution < -0.4 is 5.32 Å². The molecule has 2 rings (SSSR count). The molecule has 0 atom stereocenters. The van der Waals surface area contributed by atoms with Crippen molar-refractivity contribution in [2.45, 2.75) is 37.6 Å². The van der Waals surface area contributed by atoms with Crippen LogP contribution in [-0.4, -0.2) is 12.1 Å². The minimum Gasteiger partial charge on any atom is -0.352 e. The Morgan fingerprint density at radius 3 is 2.41 bits per heavy atom. The van der Waals surface area contributed by atoms with E-state index >= 15 is 0 Å². The molecule has 0 bridgehead atoms.